The molecule has 4 aromatic carbocycles. The predicted molar refractivity (Wildman–Crippen MR) is 181 cm³/mol. The average molecular weight is 584 g/mol. The number of benzene rings is 4. The van der Waals surface area contributed by atoms with Crippen molar-refractivity contribution in [2.75, 3.05) is 5.32 Å². The van der Waals surface area contributed by atoms with Crippen LogP contribution >= 0.6 is 7.14 Å². The van der Waals surface area contributed by atoms with E-state index < -0.39 is 15.5 Å². The van der Waals surface area contributed by atoms with Crippen molar-refractivity contribution < 1.29 is 8.99 Å². The van der Waals surface area contributed by atoms with Crippen molar-refractivity contribution >= 4 is 37.1 Å². The van der Waals surface area contributed by atoms with E-state index in [4.69, 9.17) is 4.43 Å². The van der Waals surface area contributed by atoms with Gasteiger partial charge in [-0.3, -0.25) is 0 Å². The lowest BCUT2D eigenvalue weighted by atomic mass is 9.79. The molecule has 4 aromatic rings. The minimum absolute atomic E-state index is 0.0132. The Morgan fingerprint density at radius 3 is 1.71 bits per heavy atom. The molecule has 0 radical (unpaired) electrons. The lowest BCUT2D eigenvalue weighted by molar-refractivity contribution is 0.497. The number of rotatable bonds is 8. The molecular formula is C36H46NO2PSi. The summed E-state index contributed by atoms with van der Waals surface area (Å²) in [6.45, 7) is 20.8. The first-order valence-electron chi connectivity index (χ1n) is 14.5. The fourth-order valence-corrected chi connectivity index (χ4v) is 8.71. The Labute approximate surface area is 248 Å². The van der Waals surface area contributed by atoms with Crippen molar-refractivity contribution in [2.24, 2.45) is 0 Å². The van der Waals surface area contributed by atoms with Crippen molar-refractivity contribution in [3.8, 4) is 5.75 Å². The molecule has 0 saturated heterocycles. The molecule has 0 spiro atoms. The van der Waals surface area contributed by atoms with Crippen LogP contribution in [-0.4, -0.2) is 8.32 Å². The molecular weight excluding hydrogens is 537 g/mol. The Bertz CT molecular complexity index is 1480. The van der Waals surface area contributed by atoms with E-state index in [1.165, 1.54) is 11.1 Å². The quantitative estimate of drug-likeness (QED) is 0.166. The zero-order chi connectivity index (χ0) is 30.1. The summed E-state index contributed by atoms with van der Waals surface area (Å²) in [7, 11) is -5.05. The first-order chi connectivity index (χ1) is 19.1. The van der Waals surface area contributed by atoms with Crippen molar-refractivity contribution in [2.45, 2.75) is 78.6 Å². The van der Waals surface area contributed by atoms with E-state index in [0.29, 0.717) is 6.54 Å². The van der Waals surface area contributed by atoms with E-state index in [1.54, 1.807) is 0 Å². The molecule has 0 aliphatic heterocycles. The number of hydrogen-bond donors (Lipinski definition) is 1. The molecule has 0 amide bonds. The number of nitrogens with one attached hydrogen (secondary N) is 1. The molecule has 216 valence electrons. The van der Waals surface area contributed by atoms with E-state index in [0.717, 1.165) is 32.9 Å². The van der Waals surface area contributed by atoms with Gasteiger partial charge in [0.1, 0.15) is 5.75 Å². The van der Waals surface area contributed by atoms with Gasteiger partial charge in [0, 0.05) is 33.7 Å². The Kier molecular flexibility index (Phi) is 8.78. The summed E-state index contributed by atoms with van der Waals surface area (Å²) in [6.07, 6.45) is 0. The van der Waals surface area contributed by atoms with Gasteiger partial charge >= 0.3 is 0 Å². The maximum atomic E-state index is 15.2. The molecule has 4 rings (SSSR count). The third kappa shape index (κ3) is 7.05. The SMILES string of the molecule is CC(C)(C)c1cc(CNc2ccccc2P(=O)(c2ccccc2)c2ccccc2)c(O[Si](C)(C)C)c(C(C)(C)C)c1. The zero-order valence-corrected chi connectivity index (χ0v) is 28.1. The Morgan fingerprint density at radius 2 is 1.22 bits per heavy atom. The minimum atomic E-state index is -3.14. The predicted octanol–water partition coefficient (Wildman–Crippen LogP) is 8.75. The largest absolute Gasteiger partial charge is 0.544 e. The maximum Gasteiger partial charge on any atom is 0.242 e. The van der Waals surface area contributed by atoms with Gasteiger partial charge in [-0.2, -0.15) is 0 Å². The van der Waals surface area contributed by atoms with Crippen LogP contribution in [-0.2, 0) is 21.9 Å². The number of anilines is 1. The fraction of sp³-hybridized carbons (Fsp3) is 0.333. The second-order valence-electron chi connectivity index (χ2n) is 13.9. The number of para-hydroxylation sites is 1. The van der Waals surface area contributed by atoms with Gasteiger partial charge in [-0.1, -0.05) is 120 Å². The zero-order valence-electron chi connectivity index (χ0n) is 26.2. The first-order valence-corrected chi connectivity index (χ1v) is 19.6. The minimum Gasteiger partial charge on any atom is -0.544 e. The van der Waals surface area contributed by atoms with E-state index >= 15 is 4.57 Å². The smallest absolute Gasteiger partial charge is 0.242 e. The molecule has 0 bridgehead atoms. The molecule has 0 fully saturated rings. The van der Waals surface area contributed by atoms with Gasteiger partial charge in [-0.25, -0.2) is 0 Å². The van der Waals surface area contributed by atoms with Gasteiger partial charge in [0.15, 0.2) is 7.14 Å². The van der Waals surface area contributed by atoms with Crippen LogP contribution in [0.3, 0.4) is 0 Å². The normalized spacial score (nSPS) is 12.7. The van der Waals surface area contributed by atoms with Crippen LogP contribution in [0, 0.1) is 0 Å². The van der Waals surface area contributed by atoms with Crippen LogP contribution in [0.25, 0.3) is 0 Å². The lowest BCUT2D eigenvalue weighted by Crippen LogP contribution is -2.32. The Hall–Kier alpha value is -3.07. The van der Waals surface area contributed by atoms with Crippen LogP contribution in [0.2, 0.25) is 19.6 Å². The van der Waals surface area contributed by atoms with E-state index in [1.807, 2.05) is 84.9 Å². The van der Waals surface area contributed by atoms with Gasteiger partial charge in [-0.15, -0.1) is 0 Å². The molecule has 3 nitrogen and oxygen atoms in total. The molecule has 0 atom stereocenters. The van der Waals surface area contributed by atoms with Crippen LogP contribution in [0.5, 0.6) is 5.75 Å². The molecule has 41 heavy (non-hydrogen) atoms. The third-order valence-electron chi connectivity index (χ3n) is 7.20. The van der Waals surface area contributed by atoms with Crippen molar-refractivity contribution in [1.29, 1.82) is 0 Å². The Morgan fingerprint density at radius 1 is 0.707 bits per heavy atom. The second kappa shape index (κ2) is 11.7. The number of hydrogen-bond acceptors (Lipinski definition) is 3. The molecule has 0 aliphatic carbocycles. The summed E-state index contributed by atoms with van der Waals surface area (Å²) in [5.41, 5.74) is 4.43. The van der Waals surface area contributed by atoms with Crippen molar-refractivity contribution in [1.82, 2.24) is 0 Å². The van der Waals surface area contributed by atoms with Gasteiger partial charge in [-0.05, 0) is 59.8 Å². The summed E-state index contributed by atoms with van der Waals surface area (Å²) in [5, 5.41) is 6.19. The summed E-state index contributed by atoms with van der Waals surface area (Å²) >= 11 is 0. The van der Waals surface area contributed by atoms with Crippen LogP contribution < -0.4 is 25.7 Å². The Balaban J connectivity index is 1.86. The highest BCUT2D eigenvalue weighted by Crippen LogP contribution is 2.45. The van der Waals surface area contributed by atoms with Gasteiger partial charge in [0.2, 0.25) is 8.32 Å². The van der Waals surface area contributed by atoms with Gasteiger partial charge < -0.3 is 14.3 Å². The fourth-order valence-electron chi connectivity index (χ4n) is 5.03. The second-order valence-corrected chi connectivity index (χ2v) is 21.0. The van der Waals surface area contributed by atoms with Crippen LogP contribution in [0.1, 0.15) is 58.2 Å². The van der Waals surface area contributed by atoms with Crippen LogP contribution in [0.15, 0.2) is 97.1 Å². The molecule has 0 aliphatic rings. The maximum absolute atomic E-state index is 15.2. The topological polar surface area (TPSA) is 38.3 Å². The highest BCUT2D eigenvalue weighted by molar-refractivity contribution is 7.85. The summed E-state index contributed by atoms with van der Waals surface area (Å²) in [5.74, 6) is 0.990. The van der Waals surface area contributed by atoms with Crippen LogP contribution in [0.4, 0.5) is 5.69 Å². The molecule has 0 aromatic heterocycles. The third-order valence-corrected chi connectivity index (χ3v) is 11.1. The monoisotopic (exact) mass is 583 g/mol. The molecule has 5 heteroatoms. The summed E-state index contributed by atoms with van der Waals surface area (Å²) in [4.78, 5) is 0. The van der Waals surface area contributed by atoms with E-state index in [2.05, 4.69) is 78.6 Å². The molecule has 0 unspecified atom stereocenters. The van der Waals surface area contributed by atoms with Crippen molar-refractivity contribution in [3.05, 3.63) is 114 Å². The average Bonchev–Trinajstić information content (AvgIpc) is 2.91. The van der Waals surface area contributed by atoms with Gasteiger partial charge in [0.25, 0.3) is 0 Å². The summed E-state index contributed by atoms with van der Waals surface area (Å²) < 4.78 is 22.0. The highest BCUT2D eigenvalue weighted by Gasteiger charge is 2.33. The molecule has 1 N–H and O–H groups in total. The first kappa shape index (κ1) is 30.9. The lowest BCUT2D eigenvalue weighted by Gasteiger charge is -2.32. The molecule has 0 saturated carbocycles. The van der Waals surface area contributed by atoms with Crippen molar-refractivity contribution in [3.63, 3.8) is 0 Å². The van der Waals surface area contributed by atoms with E-state index in [-0.39, 0.29) is 10.8 Å². The molecule has 0 heterocycles. The highest BCUT2D eigenvalue weighted by atomic mass is 31.2. The van der Waals surface area contributed by atoms with Gasteiger partial charge in [0.05, 0.1) is 0 Å². The van der Waals surface area contributed by atoms with E-state index in [9.17, 15) is 0 Å². The summed E-state index contributed by atoms with van der Waals surface area (Å²) in [6, 6.07) is 32.4. The standard InChI is InChI=1S/C36H46NO2PSi/c1-35(2,3)28-24-27(34(39-41(7,8)9)31(25-28)36(4,5)6)26-37-32-22-16-17-23-33(32)40(38,29-18-12-10-13-19-29)30-20-14-11-15-21-30/h10-25,37H,26H2,1-9H3.